The molecule has 0 amide bonds. The molecule has 1 fully saturated rings. The second-order valence-corrected chi connectivity index (χ2v) is 7.62. The van der Waals surface area contributed by atoms with Crippen LogP contribution in [-0.4, -0.2) is 48.5 Å². The predicted molar refractivity (Wildman–Crippen MR) is 108 cm³/mol. The van der Waals surface area contributed by atoms with E-state index in [1.165, 1.54) is 24.0 Å². The molecule has 2 N–H and O–H groups in total. The van der Waals surface area contributed by atoms with Gasteiger partial charge in [0.15, 0.2) is 11.5 Å². The van der Waals surface area contributed by atoms with Crippen LogP contribution in [0.5, 0.6) is 11.5 Å². The zero-order chi connectivity index (χ0) is 19.7. The minimum atomic E-state index is -0.0823. The van der Waals surface area contributed by atoms with Crippen LogP contribution >= 0.6 is 0 Å². The van der Waals surface area contributed by atoms with E-state index in [1.54, 1.807) is 14.2 Å². The molecule has 28 heavy (non-hydrogen) atoms. The fraction of sp³-hybridized carbons (Fsp3) is 0.524. The lowest BCUT2D eigenvalue weighted by Gasteiger charge is -2.31. The van der Waals surface area contributed by atoms with Crippen LogP contribution in [0.2, 0.25) is 0 Å². The number of aromatic nitrogens is 2. The molecule has 2 aromatic rings. The Morgan fingerprint density at radius 1 is 1.14 bits per heavy atom. The number of aliphatic hydroxyl groups is 1. The molecule has 150 valence electrons. The summed E-state index contributed by atoms with van der Waals surface area (Å²) < 4.78 is 10.9. The van der Waals surface area contributed by atoms with Crippen molar-refractivity contribution in [3.63, 3.8) is 0 Å². The number of aliphatic hydroxyl groups excluding tert-OH is 1. The maximum atomic E-state index is 9.36. The summed E-state index contributed by atoms with van der Waals surface area (Å²) in [5.41, 5.74) is 3.61. The van der Waals surface area contributed by atoms with Crippen molar-refractivity contribution in [1.82, 2.24) is 9.97 Å². The normalized spacial score (nSPS) is 17.1. The zero-order valence-electron chi connectivity index (χ0n) is 16.7. The molecule has 1 saturated carbocycles. The molecule has 7 heteroatoms. The molecule has 1 aromatic heterocycles. The number of benzene rings is 1. The van der Waals surface area contributed by atoms with Crippen LogP contribution in [0.15, 0.2) is 18.2 Å². The number of ether oxygens (including phenoxy) is 2. The molecule has 1 atom stereocenters. The minimum absolute atomic E-state index is 0.0467. The highest BCUT2D eigenvalue weighted by Crippen LogP contribution is 2.41. The van der Waals surface area contributed by atoms with Gasteiger partial charge in [0.05, 0.1) is 26.5 Å². The monoisotopic (exact) mass is 384 g/mol. The Morgan fingerprint density at radius 3 is 2.50 bits per heavy atom. The summed E-state index contributed by atoms with van der Waals surface area (Å²) in [5.74, 6) is 3.60. The van der Waals surface area contributed by atoms with E-state index in [1.807, 2.05) is 6.92 Å². The Balaban J connectivity index is 1.62. The van der Waals surface area contributed by atoms with Crippen LogP contribution in [-0.2, 0) is 13.0 Å². The summed E-state index contributed by atoms with van der Waals surface area (Å²) in [6.45, 7) is 3.62. The van der Waals surface area contributed by atoms with E-state index in [0.717, 1.165) is 42.5 Å². The quantitative estimate of drug-likeness (QED) is 0.760. The van der Waals surface area contributed by atoms with E-state index in [4.69, 9.17) is 14.5 Å². The number of hydrogen-bond acceptors (Lipinski definition) is 7. The van der Waals surface area contributed by atoms with Crippen molar-refractivity contribution in [1.29, 1.82) is 0 Å². The molecule has 0 unspecified atom stereocenters. The number of anilines is 2. The van der Waals surface area contributed by atoms with E-state index < -0.39 is 0 Å². The van der Waals surface area contributed by atoms with E-state index >= 15 is 0 Å². The van der Waals surface area contributed by atoms with E-state index in [9.17, 15) is 5.11 Å². The van der Waals surface area contributed by atoms with Gasteiger partial charge in [-0.2, -0.15) is 4.98 Å². The number of fused-ring (bicyclic) bond motifs is 1. The van der Waals surface area contributed by atoms with Gasteiger partial charge in [0, 0.05) is 31.1 Å². The largest absolute Gasteiger partial charge is 0.493 e. The molecule has 1 aliphatic heterocycles. The lowest BCUT2D eigenvalue weighted by Crippen LogP contribution is -2.32. The van der Waals surface area contributed by atoms with Gasteiger partial charge in [-0.05, 0) is 49.4 Å². The number of rotatable bonds is 7. The van der Waals surface area contributed by atoms with Gasteiger partial charge in [-0.15, -0.1) is 0 Å². The highest BCUT2D eigenvalue weighted by molar-refractivity contribution is 5.53. The van der Waals surface area contributed by atoms with Gasteiger partial charge in [0.1, 0.15) is 5.82 Å². The van der Waals surface area contributed by atoms with E-state index in [-0.39, 0.29) is 12.6 Å². The first-order valence-electron chi connectivity index (χ1n) is 9.86. The third-order valence-electron chi connectivity index (χ3n) is 5.42. The lowest BCUT2D eigenvalue weighted by atomic mass is 9.98. The molecule has 2 aliphatic rings. The summed E-state index contributed by atoms with van der Waals surface area (Å²) >= 11 is 0. The summed E-state index contributed by atoms with van der Waals surface area (Å²) in [7, 11) is 3.33. The molecule has 4 rings (SSSR count). The third kappa shape index (κ3) is 3.85. The van der Waals surface area contributed by atoms with Crippen molar-refractivity contribution in [3.8, 4) is 11.5 Å². The third-order valence-corrected chi connectivity index (χ3v) is 5.42. The highest BCUT2D eigenvalue weighted by Gasteiger charge is 2.28. The second kappa shape index (κ2) is 7.83. The molecule has 2 heterocycles. The van der Waals surface area contributed by atoms with Crippen LogP contribution < -0.4 is 19.7 Å². The summed E-state index contributed by atoms with van der Waals surface area (Å²) in [4.78, 5) is 11.7. The van der Waals surface area contributed by atoms with Crippen molar-refractivity contribution >= 4 is 11.8 Å². The summed E-state index contributed by atoms with van der Waals surface area (Å²) in [6, 6.07) is 6.19. The van der Waals surface area contributed by atoms with Gasteiger partial charge in [-0.1, -0.05) is 0 Å². The summed E-state index contributed by atoms with van der Waals surface area (Å²) in [6.07, 6.45) is 3.30. The first-order chi connectivity index (χ1) is 13.6. The van der Waals surface area contributed by atoms with E-state index in [0.29, 0.717) is 11.9 Å². The Bertz CT molecular complexity index is 854. The first-order valence-corrected chi connectivity index (χ1v) is 9.86. The second-order valence-electron chi connectivity index (χ2n) is 7.62. The average Bonchev–Trinajstić information content (AvgIpc) is 3.57. The van der Waals surface area contributed by atoms with E-state index in [2.05, 4.69) is 33.4 Å². The zero-order valence-corrected chi connectivity index (χ0v) is 16.7. The SMILES string of the molecule is COc1cc2c(cc1OC)CN(c1cc(C3CC3)nc(N[C@H](C)CO)n1)CC2. The van der Waals surface area contributed by atoms with Gasteiger partial charge in [-0.3, -0.25) is 0 Å². The molecular weight excluding hydrogens is 356 g/mol. The molecule has 0 bridgehead atoms. The van der Waals surface area contributed by atoms with Crippen molar-refractivity contribution in [2.45, 2.75) is 44.7 Å². The Kier molecular flexibility index (Phi) is 5.26. The van der Waals surface area contributed by atoms with Gasteiger partial charge >= 0.3 is 0 Å². The van der Waals surface area contributed by atoms with Crippen LogP contribution in [0.25, 0.3) is 0 Å². The highest BCUT2D eigenvalue weighted by atomic mass is 16.5. The van der Waals surface area contributed by atoms with Gasteiger partial charge in [-0.25, -0.2) is 4.98 Å². The predicted octanol–water partition coefficient (Wildman–Crippen LogP) is 2.73. The molecular formula is C21H28N4O3. The molecule has 0 saturated heterocycles. The number of methoxy groups -OCH3 is 2. The van der Waals surface area contributed by atoms with Crippen LogP contribution in [0.3, 0.4) is 0 Å². The Labute approximate surface area is 165 Å². The maximum absolute atomic E-state index is 9.36. The molecule has 0 spiro atoms. The van der Waals surface area contributed by atoms with Crippen molar-refractivity contribution in [2.75, 3.05) is 37.6 Å². The van der Waals surface area contributed by atoms with Gasteiger partial charge in [0.2, 0.25) is 5.95 Å². The molecule has 1 aromatic carbocycles. The molecule has 1 aliphatic carbocycles. The maximum Gasteiger partial charge on any atom is 0.225 e. The average molecular weight is 384 g/mol. The first kappa shape index (κ1) is 18.8. The lowest BCUT2D eigenvalue weighted by molar-refractivity contribution is 0.281. The Morgan fingerprint density at radius 2 is 1.86 bits per heavy atom. The molecule has 0 radical (unpaired) electrons. The van der Waals surface area contributed by atoms with Gasteiger partial charge < -0.3 is 24.8 Å². The van der Waals surface area contributed by atoms with Crippen LogP contribution in [0, 0.1) is 0 Å². The van der Waals surface area contributed by atoms with Crippen LogP contribution in [0.4, 0.5) is 11.8 Å². The smallest absolute Gasteiger partial charge is 0.225 e. The van der Waals surface area contributed by atoms with Gasteiger partial charge in [0.25, 0.3) is 0 Å². The fourth-order valence-corrected chi connectivity index (χ4v) is 3.61. The number of nitrogens with zero attached hydrogens (tertiary/aromatic N) is 3. The molecule has 7 nitrogen and oxygen atoms in total. The summed E-state index contributed by atoms with van der Waals surface area (Å²) in [5, 5.41) is 12.6. The fourth-order valence-electron chi connectivity index (χ4n) is 3.61. The number of nitrogens with one attached hydrogen (secondary N) is 1. The standard InChI is InChI=1S/C21H28N4O3/c1-13(12-26)22-21-23-17(14-4-5-14)10-20(24-21)25-7-6-15-8-18(27-2)19(28-3)9-16(15)11-25/h8-10,13-14,26H,4-7,11-12H2,1-3H3,(H,22,23,24)/t13-/m1/s1. The Hall–Kier alpha value is -2.54. The van der Waals surface area contributed by atoms with Crippen molar-refractivity contribution < 1.29 is 14.6 Å². The topological polar surface area (TPSA) is 79.7 Å². The van der Waals surface area contributed by atoms with Crippen molar-refractivity contribution in [2.24, 2.45) is 0 Å². The van der Waals surface area contributed by atoms with Crippen LogP contribution in [0.1, 0.15) is 42.5 Å². The van der Waals surface area contributed by atoms with Crippen molar-refractivity contribution in [3.05, 3.63) is 35.0 Å². The minimum Gasteiger partial charge on any atom is -0.493 e. The number of hydrogen-bond donors (Lipinski definition) is 2.